The topological polar surface area (TPSA) is 68.0 Å². The largest absolute Gasteiger partial charge is 0.330 e. The highest BCUT2D eigenvalue weighted by molar-refractivity contribution is 6.04. The van der Waals surface area contributed by atoms with Gasteiger partial charge in [0.15, 0.2) is 0 Å². The lowest BCUT2D eigenvalue weighted by Crippen LogP contribution is -2.16. The fourth-order valence-electron chi connectivity index (χ4n) is 1.78. The normalized spacial score (nSPS) is 10.2. The van der Waals surface area contributed by atoms with Gasteiger partial charge < -0.3 is 11.1 Å². The molecule has 0 bridgehead atoms. The molecule has 0 saturated carbocycles. The molecule has 4 nitrogen and oxygen atoms in total. The molecule has 19 heavy (non-hydrogen) atoms. The standard InChI is InChI=1S/C14H14FN3O/c15-12-6-3-7-13(17-12)18-14(19)11-5-2-1-4-10(11)8-9-16/h1-7H,8-9,16H2,(H,17,18,19). The first-order valence-electron chi connectivity index (χ1n) is 5.92. The van der Waals surface area contributed by atoms with E-state index >= 15 is 0 Å². The Kier molecular flexibility index (Phi) is 4.20. The number of nitrogens with two attached hydrogens (primary N) is 1. The molecule has 5 heteroatoms. The number of anilines is 1. The van der Waals surface area contributed by atoms with Gasteiger partial charge in [-0.2, -0.15) is 4.39 Å². The molecule has 0 radical (unpaired) electrons. The second-order valence-electron chi connectivity index (χ2n) is 4.00. The summed E-state index contributed by atoms with van der Waals surface area (Å²) in [5, 5.41) is 2.57. The Morgan fingerprint density at radius 2 is 2.00 bits per heavy atom. The van der Waals surface area contributed by atoms with Gasteiger partial charge in [-0.15, -0.1) is 0 Å². The highest BCUT2D eigenvalue weighted by Crippen LogP contribution is 2.12. The van der Waals surface area contributed by atoms with Crippen molar-refractivity contribution in [3.63, 3.8) is 0 Å². The fraction of sp³-hybridized carbons (Fsp3) is 0.143. The first kappa shape index (κ1) is 13.2. The van der Waals surface area contributed by atoms with E-state index in [0.29, 0.717) is 18.5 Å². The molecule has 0 aliphatic rings. The van der Waals surface area contributed by atoms with Crippen LogP contribution in [-0.4, -0.2) is 17.4 Å². The zero-order valence-electron chi connectivity index (χ0n) is 10.3. The molecule has 2 aromatic rings. The van der Waals surface area contributed by atoms with Crippen molar-refractivity contribution in [1.29, 1.82) is 0 Å². The summed E-state index contributed by atoms with van der Waals surface area (Å²) in [5.74, 6) is -0.761. The van der Waals surface area contributed by atoms with Gasteiger partial charge in [0.2, 0.25) is 5.95 Å². The number of pyridine rings is 1. The number of nitrogens with one attached hydrogen (secondary N) is 1. The van der Waals surface area contributed by atoms with Crippen LogP contribution < -0.4 is 11.1 Å². The molecule has 0 unspecified atom stereocenters. The molecule has 1 amide bonds. The average Bonchev–Trinajstić information content (AvgIpc) is 2.39. The van der Waals surface area contributed by atoms with Crippen LogP contribution in [0, 0.1) is 5.95 Å². The second-order valence-corrected chi connectivity index (χ2v) is 4.00. The van der Waals surface area contributed by atoms with Gasteiger partial charge in [-0.3, -0.25) is 4.79 Å². The lowest BCUT2D eigenvalue weighted by atomic mass is 10.0. The summed E-state index contributed by atoms with van der Waals surface area (Å²) in [7, 11) is 0. The molecule has 0 spiro atoms. The molecular weight excluding hydrogens is 245 g/mol. The summed E-state index contributed by atoms with van der Waals surface area (Å²) in [6.45, 7) is 0.461. The van der Waals surface area contributed by atoms with Crippen molar-refractivity contribution in [3.8, 4) is 0 Å². The van der Waals surface area contributed by atoms with Crippen LogP contribution in [0.4, 0.5) is 10.2 Å². The summed E-state index contributed by atoms with van der Waals surface area (Å²) in [4.78, 5) is 15.7. The van der Waals surface area contributed by atoms with Gasteiger partial charge in [0, 0.05) is 5.56 Å². The summed E-state index contributed by atoms with van der Waals surface area (Å²) in [5.41, 5.74) is 6.90. The van der Waals surface area contributed by atoms with Crippen molar-refractivity contribution in [3.05, 3.63) is 59.5 Å². The zero-order valence-corrected chi connectivity index (χ0v) is 10.3. The Balaban J connectivity index is 2.20. The average molecular weight is 259 g/mol. The van der Waals surface area contributed by atoms with Crippen molar-refractivity contribution < 1.29 is 9.18 Å². The Morgan fingerprint density at radius 3 is 2.74 bits per heavy atom. The van der Waals surface area contributed by atoms with Crippen molar-refractivity contribution >= 4 is 11.7 Å². The van der Waals surface area contributed by atoms with E-state index in [9.17, 15) is 9.18 Å². The summed E-state index contributed by atoms with van der Waals surface area (Å²) >= 11 is 0. The van der Waals surface area contributed by atoms with Crippen LogP contribution in [0.25, 0.3) is 0 Å². The number of carbonyl (C=O) groups excluding carboxylic acids is 1. The molecule has 0 aliphatic carbocycles. The van der Waals surface area contributed by atoms with E-state index in [0.717, 1.165) is 5.56 Å². The van der Waals surface area contributed by atoms with Crippen LogP contribution in [0.2, 0.25) is 0 Å². The summed E-state index contributed by atoms with van der Waals surface area (Å²) < 4.78 is 12.9. The van der Waals surface area contributed by atoms with E-state index in [1.807, 2.05) is 12.1 Å². The van der Waals surface area contributed by atoms with Gasteiger partial charge in [-0.25, -0.2) is 4.98 Å². The number of benzene rings is 1. The summed E-state index contributed by atoms with van der Waals surface area (Å²) in [6.07, 6.45) is 0.611. The zero-order chi connectivity index (χ0) is 13.7. The van der Waals surface area contributed by atoms with Crippen molar-refractivity contribution in [1.82, 2.24) is 4.98 Å². The number of carbonyl (C=O) groups is 1. The van der Waals surface area contributed by atoms with Gasteiger partial charge in [0.1, 0.15) is 5.82 Å². The van der Waals surface area contributed by atoms with Crippen LogP contribution in [0.1, 0.15) is 15.9 Å². The molecule has 1 heterocycles. The molecule has 0 saturated heterocycles. The molecule has 3 N–H and O–H groups in total. The molecule has 0 aliphatic heterocycles. The van der Waals surface area contributed by atoms with Crippen LogP contribution in [0.3, 0.4) is 0 Å². The van der Waals surface area contributed by atoms with E-state index in [1.54, 1.807) is 12.1 Å². The Hall–Kier alpha value is -2.27. The molecule has 0 atom stereocenters. The smallest absolute Gasteiger partial charge is 0.257 e. The molecule has 1 aromatic heterocycles. The van der Waals surface area contributed by atoms with Gasteiger partial charge in [-0.05, 0) is 36.7 Å². The Labute approximate surface area is 110 Å². The van der Waals surface area contributed by atoms with Crippen LogP contribution in [-0.2, 0) is 6.42 Å². The first-order chi connectivity index (χ1) is 9.20. The molecule has 0 fully saturated rings. The maximum absolute atomic E-state index is 12.9. The maximum atomic E-state index is 12.9. The lowest BCUT2D eigenvalue weighted by Gasteiger charge is -2.08. The predicted molar refractivity (Wildman–Crippen MR) is 71.3 cm³/mol. The van der Waals surface area contributed by atoms with Gasteiger partial charge >= 0.3 is 0 Å². The number of hydrogen-bond acceptors (Lipinski definition) is 3. The number of amides is 1. The minimum atomic E-state index is -0.631. The highest BCUT2D eigenvalue weighted by Gasteiger charge is 2.11. The lowest BCUT2D eigenvalue weighted by molar-refractivity contribution is 0.102. The van der Waals surface area contributed by atoms with Crippen molar-refractivity contribution in [2.75, 3.05) is 11.9 Å². The van der Waals surface area contributed by atoms with E-state index < -0.39 is 5.95 Å². The molecular formula is C14H14FN3O. The third-order valence-corrected chi connectivity index (χ3v) is 2.63. The fourth-order valence-corrected chi connectivity index (χ4v) is 1.78. The third kappa shape index (κ3) is 3.35. The number of rotatable bonds is 4. The number of hydrogen-bond donors (Lipinski definition) is 2. The molecule has 98 valence electrons. The summed E-state index contributed by atoms with van der Waals surface area (Å²) in [6, 6.07) is 11.4. The Morgan fingerprint density at radius 1 is 1.21 bits per heavy atom. The monoisotopic (exact) mass is 259 g/mol. The third-order valence-electron chi connectivity index (χ3n) is 2.63. The van der Waals surface area contributed by atoms with E-state index in [-0.39, 0.29) is 11.7 Å². The number of halogens is 1. The van der Waals surface area contributed by atoms with Crippen LogP contribution >= 0.6 is 0 Å². The minimum absolute atomic E-state index is 0.188. The van der Waals surface area contributed by atoms with Gasteiger partial charge in [-0.1, -0.05) is 24.3 Å². The van der Waals surface area contributed by atoms with E-state index in [2.05, 4.69) is 10.3 Å². The van der Waals surface area contributed by atoms with Crippen molar-refractivity contribution in [2.24, 2.45) is 5.73 Å². The van der Waals surface area contributed by atoms with Gasteiger partial charge in [0.05, 0.1) is 0 Å². The predicted octanol–water partition coefficient (Wildman–Crippen LogP) is 1.97. The quantitative estimate of drug-likeness (QED) is 0.825. The minimum Gasteiger partial charge on any atom is -0.330 e. The first-order valence-corrected chi connectivity index (χ1v) is 5.92. The second kappa shape index (κ2) is 6.06. The van der Waals surface area contributed by atoms with Crippen LogP contribution in [0.5, 0.6) is 0 Å². The molecule has 1 aromatic carbocycles. The van der Waals surface area contributed by atoms with Gasteiger partial charge in [0.25, 0.3) is 5.91 Å². The van der Waals surface area contributed by atoms with Crippen LogP contribution in [0.15, 0.2) is 42.5 Å². The number of aromatic nitrogens is 1. The SMILES string of the molecule is NCCc1ccccc1C(=O)Nc1cccc(F)n1. The molecule has 2 rings (SSSR count). The van der Waals surface area contributed by atoms with E-state index in [4.69, 9.17) is 5.73 Å². The Bertz CT molecular complexity index is 586. The van der Waals surface area contributed by atoms with Crippen molar-refractivity contribution in [2.45, 2.75) is 6.42 Å². The van der Waals surface area contributed by atoms with E-state index in [1.165, 1.54) is 18.2 Å². The maximum Gasteiger partial charge on any atom is 0.257 e. The highest BCUT2D eigenvalue weighted by atomic mass is 19.1. The number of nitrogens with zero attached hydrogens (tertiary/aromatic N) is 1.